The molecular formula is C19H13Cl2F3N4O3S2. The second-order valence-corrected chi connectivity index (χ2v) is 9.24. The molecule has 0 aliphatic rings. The summed E-state index contributed by atoms with van der Waals surface area (Å²) in [7, 11) is 0. The Morgan fingerprint density at radius 3 is 2.42 bits per heavy atom. The van der Waals surface area contributed by atoms with Crippen LogP contribution >= 0.6 is 46.3 Å². The number of hydrogen-bond acceptors (Lipinski definition) is 7. The molecule has 33 heavy (non-hydrogen) atoms. The van der Waals surface area contributed by atoms with Crippen LogP contribution in [0.15, 0.2) is 46.8 Å². The van der Waals surface area contributed by atoms with E-state index in [1.54, 1.807) is 6.07 Å². The molecule has 3 rings (SSSR count). The zero-order chi connectivity index (χ0) is 24.0. The van der Waals surface area contributed by atoms with Gasteiger partial charge in [0.05, 0.1) is 16.3 Å². The Bertz CT molecular complexity index is 1140. The number of aromatic nitrogens is 2. The number of nitrogens with zero attached hydrogens (tertiary/aromatic N) is 2. The zero-order valence-electron chi connectivity index (χ0n) is 16.3. The third-order valence-corrected chi connectivity index (χ3v) is 6.23. The molecule has 2 amide bonds. The molecule has 0 atom stereocenters. The van der Waals surface area contributed by atoms with Crippen molar-refractivity contribution in [3.05, 3.63) is 58.1 Å². The Balaban J connectivity index is 1.43. The minimum absolute atomic E-state index is 0.0538. The lowest BCUT2D eigenvalue weighted by atomic mass is 10.2. The average molecular weight is 537 g/mol. The summed E-state index contributed by atoms with van der Waals surface area (Å²) in [6.45, 7) is -0.320. The normalized spacial score (nSPS) is 11.2. The number of ether oxygens (including phenoxy) is 1. The van der Waals surface area contributed by atoms with Gasteiger partial charge in [0.1, 0.15) is 5.75 Å². The Morgan fingerprint density at radius 2 is 1.76 bits per heavy atom. The summed E-state index contributed by atoms with van der Waals surface area (Å²) in [5.74, 6) is -0.687. The minimum Gasteiger partial charge on any atom is -0.482 e. The Labute approximate surface area is 203 Å². The summed E-state index contributed by atoms with van der Waals surface area (Å²) in [6.07, 6.45) is -4.45. The third kappa shape index (κ3) is 7.77. The molecule has 3 aromatic rings. The van der Waals surface area contributed by atoms with Crippen molar-refractivity contribution in [2.24, 2.45) is 0 Å². The number of nitrogens with one attached hydrogen (secondary N) is 2. The van der Waals surface area contributed by atoms with E-state index in [-0.39, 0.29) is 28.2 Å². The highest BCUT2D eigenvalue weighted by atomic mass is 35.5. The van der Waals surface area contributed by atoms with E-state index < -0.39 is 23.6 Å². The highest BCUT2D eigenvalue weighted by Gasteiger charge is 2.30. The van der Waals surface area contributed by atoms with E-state index in [1.807, 2.05) is 0 Å². The maximum absolute atomic E-state index is 12.6. The van der Waals surface area contributed by atoms with Gasteiger partial charge in [0.2, 0.25) is 11.0 Å². The fourth-order valence-electron chi connectivity index (χ4n) is 2.28. The van der Waals surface area contributed by atoms with Crippen molar-refractivity contribution in [3.63, 3.8) is 0 Å². The number of alkyl halides is 3. The first-order chi connectivity index (χ1) is 15.6. The van der Waals surface area contributed by atoms with Crippen LogP contribution in [0, 0.1) is 0 Å². The molecule has 1 aromatic heterocycles. The second kappa shape index (κ2) is 11.1. The number of hydrogen-bond donors (Lipinski definition) is 2. The first kappa shape index (κ1) is 25.1. The van der Waals surface area contributed by atoms with Crippen LogP contribution in [0.5, 0.6) is 5.75 Å². The van der Waals surface area contributed by atoms with Crippen molar-refractivity contribution in [2.45, 2.75) is 10.5 Å². The fraction of sp³-hybridized carbons (Fsp3) is 0.158. The van der Waals surface area contributed by atoms with Gasteiger partial charge in [-0.05, 0) is 42.5 Å². The summed E-state index contributed by atoms with van der Waals surface area (Å²) in [5, 5.41) is 13.6. The number of carbonyl (C=O) groups is 2. The molecular weight excluding hydrogens is 524 g/mol. The van der Waals surface area contributed by atoms with Crippen molar-refractivity contribution < 1.29 is 27.5 Å². The van der Waals surface area contributed by atoms with Gasteiger partial charge in [-0.25, -0.2) is 0 Å². The van der Waals surface area contributed by atoms with Crippen molar-refractivity contribution in [1.82, 2.24) is 10.2 Å². The quantitative estimate of drug-likeness (QED) is 0.287. The highest BCUT2D eigenvalue weighted by molar-refractivity contribution is 8.01. The van der Waals surface area contributed by atoms with Gasteiger partial charge < -0.3 is 10.1 Å². The lowest BCUT2D eigenvalue weighted by Gasteiger charge is -2.08. The van der Waals surface area contributed by atoms with Crippen LogP contribution in [0.25, 0.3) is 0 Å². The van der Waals surface area contributed by atoms with E-state index in [0.717, 1.165) is 35.2 Å². The predicted molar refractivity (Wildman–Crippen MR) is 121 cm³/mol. The van der Waals surface area contributed by atoms with Crippen molar-refractivity contribution in [1.29, 1.82) is 0 Å². The van der Waals surface area contributed by atoms with Crippen LogP contribution in [0.2, 0.25) is 10.0 Å². The van der Waals surface area contributed by atoms with E-state index in [2.05, 4.69) is 20.8 Å². The molecule has 0 spiro atoms. The first-order valence-corrected chi connectivity index (χ1v) is 11.5. The predicted octanol–water partition coefficient (Wildman–Crippen LogP) is 5.61. The summed E-state index contributed by atoms with van der Waals surface area (Å²) < 4.78 is 43.5. The molecule has 0 aliphatic heterocycles. The molecule has 1 heterocycles. The van der Waals surface area contributed by atoms with E-state index in [1.165, 1.54) is 24.3 Å². The molecule has 0 unspecified atom stereocenters. The van der Waals surface area contributed by atoms with E-state index in [9.17, 15) is 22.8 Å². The standard InChI is InChI=1S/C19H13Cl2F3N4O3S2/c20-11-3-6-14(13(21)7-11)31-8-15(29)26-17-27-28-18(33-17)32-9-16(30)25-12-4-1-10(2-5-12)19(22,23)24/h1-7H,8-9H2,(H,25,30)(H,26,27,29). The molecule has 7 nitrogen and oxygen atoms in total. The molecule has 2 N–H and O–H groups in total. The van der Waals surface area contributed by atoms with Gasteiger partial charge in [-0.3, -0.25) is 14.9 Å². The van der Waals surface area contributed by atoms with Gasteiger partial charge in [0, 0.05) is 10.7 Å². The molecule has 0 aliphatic carbocycles. The molecule has 0 bridgehead atoms. The topological polar surface area (TPSA) is 93.2 Å². The Morgan fingerprint density at radius 1 is 1.03 bits per heavy atom. The maximum Gasteiger partial charge on any atom is 0.416 e. The van der Waals surface area contributed by atoms with Gasteiger partial charge in [-0.2, -0.15) is 13.2 Å². The second-order valence-electron chi connectivity index (χ2n) is 6.20. The van der Waals surface area contributed by atoms with E-state index in [4.69, 9.17) is 27.9 Å². The van der Waals surface area contributed by atoms with Crippen molar-refractivity contribution >= 4 is 68.9 Å². The van der Waals surface area contributed by atoms with E-state index >= 15 is 0 Å². The first-order valence-electron chi connectivity index (χ1n) is 8.91. The van der Waals surface area contributed by atoms with Gasteiger partial charge in [-0.15, -0.1) is 10.2 Å². The van der Waals surface area contributed by atoms with Crippen LogP contribution < -0.4 is 15.4 Å². The van der Waals surface area contributed by atoms with Gasteiger partial charge in [0.25, 0.3) is 5.91 Å². The van der Waals surface area contributed by atoms with Crippen molar-refractivity contribution in [2.75, 3.05) is 23.0 Å². The number of anilines is 2. The number of thioether (sulfide) groups is 1. The van der Waals surface area contributed by atoms with Gasteiger partial charge in [0.15, 0.2) is 10.9 Å². The third-order valence-electron chi connectivity index (χ3n) is 3.73. The van der Waals surface area contributed by atoms with Crippen LogP contribution in [-0.2, 0) is 15.8 Å². The van der Waals surface area contributed by atoms with Gasteiger partial charge >= 0.3 is 6.18 Å². The molecule has 14 heteroatoms. The molecule has 174 valence electrons. The maximum atomic E-state index is 12.6. The Kier molecular flexibility index (Phi) is 8.40. The number of benzene rings is 2. The summed E-state index contributed by atoms with van der Waals surface area (Å²) in [6, 6.07) is 8.70. The molecule has 0 radical (unpaired) electrons. The highest BCUT2D eigenvalue weighted by Crippen LogP contribution is 2.30. The van der Waals surface area contributed by atoms with Gasteiger partial charge in [-0.1, -0.05) is 46.3 Å². The van der Waals surface area contributed by atoms with E-state index in [0.29, 0.717) is 15.1 Å². The zero-order valence-corrected chi connectivity index (χ0v) is 19.4. The lowest BCUT2D eigenvalue weighted by Crippen LogP contribution is -2.20. The molecule has 2 aromatic carbocycles. The summed E-state index contributed by atoms with van der Waals surface area (Å²) in [5.41, 5.74) is -0.570. The fourth-order valence-corrected chi connectivity index (χ4v) is 4.31. The largest absolute Gasteiger partial charge is 0.482 e. The average Bonchev–Trinajstić information content (AvgIpc) is 3.18. The molecule has 0 saturated carbocycles. The van der Waals surface area contributed by atoms with Crippen molar-refractivity contribution in [3.8, 4) is 5.75 Å². The van der Waals surface area contributed by atoms with Crippen LogP contribution in [0.4, 0.5) is 24.0 Å². The number of carbonyl (C=O) groups excluding carboxylic acids is 2. The van der Waals surface area contributed by atoms with Crippen LogP contribution in [0.1, 0.15) is 5.56 Å². The molecule has 0 fully saturated rings. The smallest absolute Gasteiger partial charge is 0.416 e. The minimum atomic E-state index is -4.45. The summed E-state index contributed by atoms with van der Waals surface area (Å²) in [4.78, 5) is 24.0. The number of halogens is 5. The Hall–Kier alpha value is -2.54. The number of amides is 2. The SMILES string of the molecule is O=C(CSc1nnc(NC(=O)COc2ccc(Cl)cc2Cl)s1)Nc1ccc(C(F)(F)F)cc1. The summed E-state index contributed by atoms with van der Waals surface area (Å²) >= 11 is 13.9. The number of rotatable bonds is 8. The lowest BCUT2D eigenvalue weighted by molar-refractivity contribution is -0.137. The van der Waals surface area contributed by atoms with Crippen LogP contribution in [-0.4, -0.2) is 34.4 Å². The molecule has 0 saturated heterocycles. The monoisotopic (exact) mass is 536 g/mol. The van der Waals surface area contributed by atoms with Crippen LogP contribution in [0.3, 0.4) is 0 Å².